The van der Waals surface area contributed by atoms with E-state index in [1.165, 1.54) is 28.8 Å². The minimum Gasteiger partial charge on any atom is -0.498 e. The number of methoxy groups -OCH3 is 3. The number of ether oxygens (including phenoxy) is 6. The fourth-order valence-electron chi connectivity index (χ4n) is 9.22. The van der Waals surface area contributed by atoms with E-state index >= 15 is 0 Å². The molecule has 0 saturated carbocycles. The highest BCUT2D eigenvalue weighted by molar-refractivity contribution is 8.01. The van der Waals surface area contributed by atoms with Gasteiger partial charge < -0.3 is 54.9 Å². The normalized spacial score (nSPS) is 14.7. The van der Waals surface area contributed by atoms with Gasteiger partial charge in [0.05, 0.1) is 30.8 Å². The molecule has 0 aromatic heterocycles. The molecule has 5 atom stereocenters. The highest BCUT2D eigenvalue weighted by atomic mass is 32.2. The molecule has 1 aliphatic rings. The Morgan fingerprint density at radius 2 is 1.53 bits per heavy atom. The van der Waals surface area contributed by atoms with Gasteiger partial charge in [-0.25, -0.2) is 0 Å². The molecule has 1 heterocycles. The first-order valence-corrected chi connectivity index (χ1v) is 36.1. The average Bonchev–Trinajstić information content (AvgIpc) is 1.66. The Kier molecular flexibility index (Phi) is 42.7. The van der Waals surface area contributed by atoms with E-state index in [0.29, 0.717) is 55.5 Å². The number of nitrogens with one attached hydrogen (secondary N) is 1. The molecule has 0 aliphatic carbocycles. The summed E-state index contributed by atoms with van der Waals surface area (Å²) >= 11 is 4.96. The number of hydrogen-bond acceptors (Lipinski definition) is 15. The number of benzene rings is 5. The van der Waals surface area contributed by atoms with Gasteiger partial charge in [-0.1, -0.05) is 144 Å². The van der Waals surface area contributed by atoms with Crippen LogP contribution in [0, 0.1) is 12.3 Å². The number of nitrogens with zero attached hydrogens (tertiary/aromatic N) is 2. The molecule has 5 aromatic rings. The van der Waals surface area contributed by atoms with Crippen molar-refractivity contribution in [2.24, 2.45) is 11.5 Å². The molecule has 5 N–H and O–H groups in total. The molecule has 1 fully saturated rings. The van der Waals surface area contributed by atoms with E-state index in [0.717, 1.165) is 65.0 Å². The summed E-state index contributed by atoms with van der Waals surface area (Å²) in [6.45, 7) is 23.8. The molecule has 97 heavy (non-hydrogen) atoms. The van der Waals surface area contributed by atoms with Crippen molar-refractivity contribution in [3.63, 3.8) is 0 Å². The number of hydrogen-bond donors (Lipinski definition) is 3. The maximum Gasteiger partial charge on any atom is 0.248 e. The molecule has 528 valence electrons. The van der Waals surface area contributed by atoms with Crippen molar-refractivity contribution in [3.8, 4) is 35.3 Å². The molecule has 4 amide bonds. The van der Waals surface area contributed by atoms with Crippen LogP contribution >= 0.6 is 35.3 Å². The number of rotatable bonds is 36. The molecule has 0 bridgehead atoms. The number of primary amides is 2. The molecule has 0 spiro atoms. The third kappa shape index (κ3) is 30.5. The lowest BCUT2D eigenvalue weighted by Gasteiger charge is -2.36. The van der Waals surface area contributed by atoms with Crippen molar-refractivity contribution in [1.82, 2.24) is 10.2 Å². The van der Waals surface area contributed by atoms with Crippen LogP contribution in [0.2, 0.25) is 0 Å². The SMILES string of the molecule is C#CCOc1ccc(C2SC(CC(=O)NCCc3ccc(OC)c(OCC)c3)C(=O)N2c2cccc(C(N)=O)c2)cc1.C/C=C\CC/C(=C\CC(N)=O)N(C)C(S[C@@](C)(C=O)CC)c1ccc(OCc2ccccc2)cc1.CC.CC.CCSCC/C(C)=C/C=C(/OC)C(C)OC. The first-order valence-electron chi connectivity index (χ1n) is 33.2. The Morgan fingerprint density at radius 3 is 2.11 bits per heavy atom. The predicted octanol–water partition coefficient (Wildman–Crippen LogP) is 16.2. The van der Waals surface area contributed by atoms with Crippen molar-refractivity contribution in [2.45, 2.75) is 155 Å². The zero-order valence-corrected chi connectivity index (χ0v) is 62.3. The summed E-state index contributed by atoms with van der Waals surface area (Å²) in [5.74, 6) is 6.95. The maximum atomic E-state index is 13.7. The fraction of sp³-hybridized carbons (Fsp3) is 0.423. The molecule has 6 rings (SSSR count). The van der Waals surface area contributed by atoms with Gasteiger partial charge in [-0.3, -0.25) is 24.1 Å². The summed E-state index contributed by atoms with van der Waals surface area (Å²) in [6.07, 6.45) is 20.7. The van der Waals surface area contributed by atoms with Crippen molar-refractivity contribution in [3.05, 3.63) is 197 Å². The lowest BCUT2D eigenvalue weighted by atomic mass is 10.1. The molecule has 1 aliphatic heterocycles. The van der Waals surface area contributed by atoms with E-state index in [2.05, 4.69) is 42.1 Å². The Morgan fingerprint density at radius 1 is 0.845 bits per heavy atom. The number of nitrogens with two attached hydrogens (primary N) is 2. The number of carbonyl (C=O) groups excluding carboxylic acids is 5. The number of anilines is 1. The summed E-state index contributed by atoms with van der Waals surface area (Å²) in [5, 5.41) is 1.74. The number of terminal acetylenes is 1. The van der Waals surface area contributed by atoms with Crippen LogP contribution in [-0.2, 0) is 41.7 Å². The van der Waals surface area contributed by atoms with E-state index in [1.807, 2.05) is 184 Å². The zero-order chi connectivity index (χ0) is 72.1. The van der Waals surface area contributed by atoms with Crippen LogP contribution in [0.1, 0.15) is 158 Å². The number of carbonyl (C=O) groups is 5. The Bertz CT molecular complexity index is 3300. The lowest BCUT2D eigenvalue weighted by Crippen LogP contribution is -2.34. The standard InChI is InChI=1S/C32H33N3O6S.C29H38N2O3S.C13H24O2S.2C2H6/c1-4-17-41-25-12-10-22(11-13-25)32-35(24-8-6-7-23(19-24)30(33)37)31(38)28(42-32)20-29(36)34-16-15-21-9-14-26(39-3)27(18-21)40-5-2;1-5-7-9-14-25(17-20-27(30)33)31(4)28(35-29(3,6-2)22-32)24-15-18-26(19-16-24)34-21-23-12-10-8-11-13-23;1-6-16-10-9-11(2)7-8-13(15-5)12(3)14-4;2*1-2/h1,6-14,18-19,28,32H,5,15-17,20H2,2-3H3,(H2,33,37)(H,34,36);5,7-8,10-13,15-19,22,28H,6,9,14,20-21H2,1-4H3,(H2,30,33);7-8,12H,6,9-10H2,1-5H3;2*1-2H3/b;7-5-,25-17+;11-7+,13-8+;;/t;28?,29-;;;/m.1.../s1. The van der Waals surface area contributed by atoms with Gasteiger partial charge in [0.15, 0.2) is 11.5 Å². The maximum absolute atomic E-state index is 13.7. The Hall–Kier alpha value is -8.02. The summed E-state index contributed by atoms with van der Waals surface area (Å²) in [5.41, 5.74) is 18.1. The van der Waals surface area contributed by atoms with Crippen molar-refractivity contribution >= 4 is 70.9 Å². The van der Waals surface area contributed by atoms with Crippen LogP contribution in [-0.4, -0.2) is 111 Å². The van der Waals surface area contributed by atoms with Crippen LogP contribution in [0.25, 0.3) is 0 Å². The first-order chi connectivity index (χ1) is 46.8. The molecule has 5 aromatic carbocycles. The highest BCUT2D eigenvalue weighted by Gasteiger charge is 2.43. The Labute approximate surface area is 592 Å². The van der Waals surface area contributed by atoms with E-state index in [1.54, 1.807) is 74.4 Å². The van der Waals surface area contributed by atoms with Gasteiger partial charge in [-0.05, 0) is 161 Å². The van der Waals surface area contributed by atoms with Crippen LogP contribution in [0.3, 0.4) is 0 Å². The molecule has 0 radical (unpaired) electrons. The molecule has 4 unspecified atom stereocenters. The predicted molar refractivity (Wildman–Crippen MR) is 404 cm³/mol. The highest BCUT2D eigenvalue weighted by Crippen LogP contribution is 2.48. The van der Waals surface area contributed by atoms with Crippen molar-refractivity contribution in [1.29, 1.82) is 0 Å². The van der Waals surface area contributed by atoms with E-state index in [9.17, 15) is 24.0 Å². The van der Waals surface area contributed by atoms with Crippen molar-refractivity contribution < 1.29 is 52.4 Å². The first kappa shape index (κ1) is 85.1. The second-order valence-corrected chi connectivity index (χ2v) is 26.0. The lowest BCUT2D eigenvalue weighted by molar-refractivity contribution is -0.124. The number of thioether (sulfide) groups is 3. The van der Waals surface area contributed by atoms with Gasteiger partial charge in [0.25, 0.3) is 0 Å². The minimum absolute atomic E-state index is 0.00217. The van der Waals surface area contributed by atoms with E-state index in [-0.39, 0.29) is 54.2 Å². The summed E-state index contributed by atoms with van der Waals surface area (Å²) in [4.78, 5) is 65.7. The second-order valence-electron chi connectivity index (χ2n) is 21.7. The fourth-order valence-corrected chi connectivity index (χ4v) is 12.7. The quantitative estimate of drug-likeness (QED) is 0.00647. The van der Waals surface area contributed by atoms with Crippen molar-refractivity contribution in [2.75, 3.05) is 64.5 Å². The van der Waals surface area contributed by atoms with Gasteiger partial charge in [-0.15, -0.1) is 29.9 Å². The third-order valence-electron chi connectivity index (χ3n) is 14.8. The van der Waals surface area contributed by atoms with Gasteiger partial charge >= 0.3 is 0 Å². The molecule has 19 heteroatoms. The van der Waals surface area contributed by atoms with Crippen LogP contribution in [0.4, 0.5) is 5.69 Å². The van der Waals surface area contributed by atoms with E-state index in [4.69, 9.17) is 46.3 Å². The number of aldehydes is 1. The average molecular weight is 1390 g/mol. The number of amides is 4. The van der Waals surface area contributed by atoms with Crippen LogP contribution < -0.4 is 40.6 Å². The van der Waals surface area contributed by atoms with Gasteiger partial charge in [0, 0.05) is 50.5 Å². The van der Waals surface area contributed by atoms with Gasteiger partial charge in [0.1, 0.15) is 53.6 Å². The number of allylic oxidation sites excluding steroid dienone is 6. The van der Waals surface area contributed by atoms with E-state index < -0.39 is 21.3 Å². The topological polar surface area (TPSA) is 211 Å². The minimum atomic E-state index is -0.629. The largest absolute Gasteiger partial charge is 0.498 e. The molecule has 16 nitrogen and oxygen atoms in total. The molecule has 1 saturated heterocycles. The smallest absolute Gasteiger partial charge is 0.248 e. The summed E-state index contributed by atoms with van der Waals surface area (Å²) < 4.78 is 32.3. The van der Waals surface area contributed by atoms with Crippen LogP contribution in [0.5, 0.6) is 23.0 Å². The molecular weight excluding hydrogens is 1280 g/mol. The Balaban J connectivity index is 0.000000524. The summed E-state index contributed by atoms with van der Waals surface area (Å²) in [6, 6.07) is 37.6. The van der Waals surface area contributed by atoms with Gasteiger partial charge in [-0.2, -0.15) is 11.8 Å². The second kappa shape index (κ2) is 48.6. The third-order valence-corrected chi connectivity index (χ3v) is 18.9. The zero-order valence-electron chi connectivity index (χ0n) is 59.9. The monoisotopic (exact) mass is 1390 g/mol. The molecular formula is C78H107N5O11S3. The van der Waals surface area contributed by atoms with Crippen LogP contribution in [0.15, 0.2) is 169 Å². The van der Waals surface area contributed by atoms with Gasteiger partial charge in [0.2, 0.25) is 23.6 Å². The summed E-state index contributed by atoms with van der Waals surface area (Å²) in [7, 11) is 6.97.